The average Bonchev–Trinajstić information content (AvgIpc) is 3.40. The average molecular weight is 666 g/mol. The van der Waals surface area contributed by atoms with Crippen molar-refractivity contribution in [2.45, 2.75) is 62.4 Å². The van der Waals surface area contributed by atoms with Crippen LogP contribution >= 0.6 is 11.6 Å². The zero-order chi connectivity index (χ0) is 32.6. The number of imidazole rings is 1. The molecule has 240 valence electrons. The zero-order valence-corrected chi connectivity index (χ0v) is 26.7. The molecule has 0 unspecified atom stereocenters. The lowest BCUT2D eigenvalue weighted by Gasteiger charge is -2.32. The quantitative estimate of drug-likeness (QED) is 0.234. The Bertz CT molecular complexity index is 1910. The number of aryl methyl sites for hydroxylation is 1. The maximum Gasteiger partial charge on any atom is 0.243 e. The van der Waals surface area contributed by atoms with Gasteiger partial charge in [0.15, 0.2) is 5.65 Å². The molecule has 0 radical (unpaired) electrons. The number of nitrogens with zero attached hydrogens (tertiary/aromatic N) is 6. The predicted octanol–water partition coefficient (Wildman–Crippen LogP) is 5.02. The summed E-state index contributed by atoms with van der Waals surface area (Å²) in [5, 5.41) is 15.5. The van der Waals surface area contributed by atoms with E-state index in [-0.39, 0.29) is 57.6 Å². The zero-order valence-electron chi connectivity index (χ0n) is 25.1. The molecule has 1 atom stereocenters. The largest absolute Gasteiger partial charge is 0.369 e. The normalized spacial score (nSPS) is 20.7. The number of carbonyl (C=O) groups excluding carboxylic acids is 1. The van der Waals surface area contributed by atoms with Gasteiger partial charge in [-0.3, -0.25) is 9.36 Å². The summed E-state index contributed by atoms with van der Waals surface area (Å²) in [4.78, 5) is 26.0. The molecule has 46 heavy (non-hydrogen) atoms. The lowest BCUT2D eigenvalue weighted by molar-refractivity contribution is -0.122. The molecule has 4 aromatic rings. The van der Waals surface area contributed by atoms with Gasteiger partial charge in [0, 0.05) is 31.1 Å². The second-order valence-corrected chi connectivity index (χ2v) is 14.2. The number of amides is 1. The van der Waals surface area contributed by atoms with Crippen LogP contribution in [0.15, 0.2) is 47.5 Å². The topological polar surface area (TPSA) is 172 Å². The molecule has 1 amide bonds. The van der Waals surface area contributed by atoms with Crippen molar-refractivity contribution < 1.29 is 17.6 Å². The van der Waals surface area contributed by atoms with Gasteiger partial charge in [0.05, 0.1) is 33.4 Å². The number of aromatic nitrogens is 4. The number of hydrogen-bond acceptors (Lipinski definition) is 9. The number of nitrogens with two attached hydrogens (primary N) is 1. The standard InChI is InChI=1S/C31H33ClFN9O3S/c1-18-4-10-23(11-5-18)46(44,45)41-12-2-3-21(17-41)37-30-36-16-26-29(40-30)42(22-8-6-20(7-9-22)28(35)43)31(38-26)39-27-24(32)13-19(15-34)14-25(27)33/h4-5,10-11,13-14,16,20-22H,2-3,6-9,12,17H2,1H3,(H2,35,43)(H,38,39)(H,36,37,40)/t20-,21-,22+/m1/s1. The van der Waals surface area contributed by atoms with E-state index < -0.39 is 15.8 Å². The number of halogens is 2. The molecule has 3 heterocycles. The van der Waals surface area contributed by atoms with Crippen LogP contribution in [0.3, 0.4) is 0 Å². The molecule has 6 rings (SSSR count). The number of benzene rings is 2. The first-order chi connectivity index (χ1) is 22.0. The van der Waals surface area contributed by atoms with E-state index in [9.17, 15) is 18.5 Å². The number of anilines is 3. The van der Waals surface area contributed by atoms with E-state index >= 15 is 4.39 Å². The maximum atomic E-state index is 15.0. The van der Waals surface area contributed by atoms with Crippen molar-refractivity contribution in [2.75, 3.05) is 23.7 Å². The summed E-state index contributed by atoms with van der Waals surface area (Å²) in [7, 11) is -3.67. The fourth-order valence-electron chi connectivity index (χ4n) is 6.20. The van der Waals surface area contributed by atoms with E-state index in [0.717, 1.165) is 18.1 Å². The van der Waals surface area contributed by atoms with E-state index in [4.69, 9.17) is 22.3 Å². The van der Waals surface area contributed by atoms with Crippen LogP contribution < -0.4 is 16.4 Å². The second-order valence-electron chi connectivity index (χ2n) is 11.8. The minimum atomic E-state index is -3.67. The number of hydrogen-bond donors (Lipinski definition) is 3. The second kappa shape index (κ2) is 12.8. The van der Waals surface area contributed by atoms with E-state index in [0.29, 0.717) is 55.8 Å². The fraction of sp³-hybridized carbons (Fsp3) is 0.387. The van der Waals surface area contributed by atoms with Gasteiger partial charge in [0.2, 0.25) is 27.8 Å². The lowest BCUT2D eigenvalue weighted by Crippen LogP contribution is -2.45. The van der Waals surface area contributed by atoms with Crippen molar-refractivity contribution in [3.8, 4) is 6.07 Å². The van der Waals surface area contributed by atoms with Gasteiger partial charge < -0.3 is 16.4 Å². The minimum Gasteiger partial charge on any atom is -0.369 e. The number of nitriles is 1. The third kappa shape index (κ3) is 6.35. The molecule has 2 aliphatic rings. The van der Waals surface area contributed by atoms with Gasteiger partial charge in [0.1, 0.15) is 11.3 Å². The molecule has 1 saturated heterocycles. The third-order valence-corrected chi connectivity index (χ3v) is 10.9. The number of fused-ring (bicyclic) bond motifs is 1. The molecule has 0 bridgehead atoms. The predicted molar refractivity (Wildman–Crippen MR) is 172 cm³/mol. The molecule has 1 aliphatic carbocycles. The van der Waals surface area contributed by atoms with Crippen LogP contribution in [0.4, 0.5) is 22.0 Å². The van der Waals surface area contributed by atoms with Crippen LogP contribution in [-0.4, -0.2) is 57.3 Å². The van der Waals surface area contributed by atoms with Crippen LogP contribution in [0.5, 0.6) is 0 Å². The first kappa shape index (κ1) is 31.7. The molecular weight excluding hydrogens is 633 g/mol. The molecule has 1 saturated carbocycles. The Morgan fingerprint density at radius 2 is 1.87 bits per heavy atom. The summed E-state index contributed by atoms with van der Waals surface area (Å²) in [6, 6.07) is 10.8. The number of rotatable bonds is 8. The van der Waals surface area contributed by atoms with Gasteiger partial charge in [-0.25, -0.2) is 22.8 Å². The Morgan fingerprint density at radius 1 is 1.13 bits per heavy atom. The first-order valence-corrected chi connectivity index (χ1v) is 16.9. The molecule has 2 fully saturated rings. The highest BCUT2D eigenvalue weighted by atomic mass is 35.5. The van der Waals surface area contributed by atoms with Crippen LogP contribution in [0.2, 0.25) is 5.02 Å². The van der Waals surface area contributed by atoms with Crippen LogP contribution in [0.25, 0.3) is 11.2 Å². The van der Waals surface area contributed by atoms with E-state index in [1.54, 1.807) is 30.5 Å². The number of primary amides is 1. The van der Waals surface area contributed by atoms with Gasteiger partial charge in [-0.2, -0.15) is 14.6 Å². The van der Waals surface area contributed by atoms with Crippen molar-refractivity contribution in [3.63, 3.8) is 0 Å². The Hall–Kier alpha value is -4.32. The highest BCUT2D eigenvalue weighted by molar-refractivity contribution is 7.89. The highest BCUT2D eigenvalue weighted by Gasteiger charge is 2.32. The first-order valence-electron chi connectivity index (χ1n) is 15.1. The minimum absolute atomic E-state index is 0.0171. The Morgan fingerprint density at radius 3 is 2.54 bits per heavy atom. The van der Waals surface area contributed by atoms with Crippen LogP contribution in [-0.2, 0) is 14.8 Å². The number of piperidine rings is 1. The smallest absolute Gasteiger partial charge is 0.243 e. The number of carbonyl (C=O) groups is 1. The lowest BCUT2D eigenvalue weighted by atomic mass is 9.85. The summed E-state index contributed by atoms with van der Waals surface area (Å²) in [5.74, 6) is -0.699. The fourth-order valence-corrected chi connectivity index (χ4v) is 7.98. The van der Waals surface area contributed by atoms with Gasteiger partial charge in [-0.1, -0.05) is 29.3 Å². The summed E-state index contributed by atoms with van der Waals surface area (Å²) >= 11 is 6.35. The monoisotopic (exact) mass is 665 g/mol. The van der Waals surface area contributed by atoms with Gasteiger partial charge in [-0.15, -0.1) is 0 Å². The van der Waals surface area contributed by atoms with E-state index in [2.05, 4.69) is 20.6 Å². The maximum absolute atomic E-state index is 15.0. The highest BCUT2D eigenvalue weighted by Crippen LogP contribution is 2.38. The molecular formula is C31H33ClFN9O3S. The molecule has 2 aromatic carbocycles. The summed E-state index contributed by atoms with van der Waals surface area (Å²) in [5.41, 5.74) is 7.53. The molecule has 0 spiro atoms. The molecule has 1 aliphatic heterocycles. The summed E-state index contributed by atoms with van der Waals surface area (Å²) < 4.78 is 45.1. The van der Waals surface area contributed by atoms with Crippen LogP contribution in [0.1, 0.15) is 55.7 Å². The third-order valence-electron chi connectivity index (χ3n) is 8.68. The summed E-state index contributed by atoms with van der Waals surface area (Å²) in [6.45, 7) is 2.57. The number of nitrogens with one attached hydrogen (secondary N) is 2. The van der Waals surface area contributed by atoms with E-state index in [1.807, 2.05) is 17.6 Å². The van der Waals surface area contributed by atoms with Gasteiger partial charge in [0.25, 0.3) is 0 Å². The Balaban J connectivity index is 1.30. The van der Waals surface area contributed by atoms with Crippen molar-refractivity contribution in [3.05, 3.63) is 64.6 Å². The van der Waals surface area contributed by atoms with Crippen LogP contribution in [0, 0.1) is 30.0 Å². The SMILES string of the molecule is Cc1ccc(S(=O)(=O)N2CCC[C@@H](Nc3ncc4nc(Nc5c(F)cc(C#N)cc5Cl)n([C@H]5CC[C@@H](C(N)=O)CC5)c4n3)C2)cc1. The van der Waals surface area contributed by atoms with E-state index in [1.165, 1.54) is 10.4 Å². The molecule has 15 heteroatoms. The molecule has 12 nitrogen and oxygen atoms in total. The Kier molecular flexibility index (Phi) is 8.82. The van der Waals surface area contributed by atoms with Gasteiger partial charge in [-0.05, 0) is 69.7 Å². The Labute approximate surface area is 270 Å². The summed E-state index contributed by atoms with van der Waals surface area (Å²) in [6.07, 6.45) is 5.32. The van der Waals surface area contributed by atoms with Crippen molar-refractivity contribution in [1.29, 1.82) is 5.26 Å². The number of sulfonamides is 1. The van der Waals surface area contributed by atoms with Crippen molar-refractivity contribution >= 4 is 56.3 Å². The van der Waals surface area contributed by atoms with Gasteiger partial charge >= 0.3 is 0 Å². The van der Waals surface area contributed by atoms with Crippen molar-refractivity contribution in [1.82, 2.24) is 23.8 Å². The molecule has 4 N–H and O–H groups in total. The van der Waals surface area contributed by atoms with Crippen molar-refractivity contribution in [2.24, 2.45) is 11.7 Å². The molecule has 2 aromatic heterocycles.